The molecule has 1 N–H and O–H groups in total. The van der Waals surface area contributed by atoms with Crippen LogP contribution in [-0.2, 0) is 5.66 Å². The smallest absolute Gasteiger partial charge is 0.256 e. The van der Waals surface area contributed by atoms with Gasteiger partial charge in [-0.3, -0.25) is 10.1 Å². The minimum absolute atomic E-state index is 0.0436. The number of carbonyl (C=O) groups is 1. The Morgan fingerprint density at radius 1 is 1.10 bits per heavy atom. The number of amides is 1. The van der Waals surface area contributed by atoms with Crippen LogP contribution in [0.1, 0.15) is 27.9 Å². The number of fused-ring (bicyclic) bond motifs is 3. The van der Waals surface area contributed by atoms with E-state index in [2.05, 4.69) is 5.32 Å². The van der Waals surface area contributed by atoms with E-state index >= 15 is 0 Å². The summed E-state index contributed by atoms with van der Waals surface area (Å²) in [5.41, 5.74) is 1.94. The molecule has 0 aliphatic carbocycles. The quantitative estimate of drug-likeness (QED) is 0.871. The van der Waals surface area contributed by atoms with Crippen molar-refractivity contribution in [3.05, 3.63) is 71.0 Å². The fourth-order valence-corrected chi connectivity index (χ4v) is 3.50. The summed E-state index contributed by atoms with van der Waals surface area (Å²) in [7, 11) is 0. The number of rotatable bonds is 1. The Hall–Kier alpha value is -2.20. The molecule has 2 aliphatic rings. The highest BCUT2D eigenvalue weighted by atomic mass is 19.1. The molecule has 0 radical (unpaired) electrons. The molecule has 0 saturated carbocycles. The third-order valence-corrected chi connectivity index (χ3v) is 4.40. The van der Waals surface area contributed by atoms with Crippen molar-refractivity contribution in [1.82, 2.24) is 10.2 Å². The predicted molar refractivity (Wildman–Crippen MR) is 77.3 cm³/mol. The summed E-state index contributed by atoms with van der Waals surface area (Å²) >= 11 is 0. The van der Waals surface area contributed by atoms with Gasteiger partial charge in [-0.25, -0.2) is 4.39 Å². The molecular weight excluding hydrogens is 267 g/mol. The molecule has 4 rings (SSSR count). The molecule has 2 aromatic carbocycles. The van der Waals surface area contributed by atoms with E-state index in [1.165, 1.54) is 12.1 Å². The van der Waals surface area contributed by atoms with Gasteiger partial charge in [0.2, 0.25) is 0 Å². The Balaban J connectivity index is 1.98. The van der Waals surface area contributed by atoms with Crippen LogP contribution in [-0.4, -0.2) is 23.9 Å². The zero-order valence-electron chi connectivity index (χ0n) is 11.5. The molecule has 0 unspecified atom stereocenters. The number of nitrogens with one attached hydrogen (secondary N) is 1. The van der Waals surface area contributed by atoms with Crippen LogP contribution in [0, 0.1) is 5.82 Å². The fraction of sp³-hybridized carbons (Fsp3) is 0.235. The molecule has 1 amide bonds. The molecule has 1 fully saturated rings. The maximum absolute atomic E-state index is 13.3. The number of halogens is 1. The highest BCUT2D eigenvalue weighted by molar-refractivity contribution is 6.00. The van der Waals surface area contributed by atoms with Crippen molar-refractivity contribution in [2.45, 2.75) is 12.1 Å². The standard InChI is InChI=1S/C17H15FN2O/c18-13-8-6-12(7-9-13)17-15-5-2-1-4-14(15)16(21)20(17)11-3-10-19-17/h1-2,4-9,19H,3,10-11H2/t17-/m1/s1. The van der Waals surface area contributed by atoms with Crippen LogP contribution in [0.4, 0.5) is 4.39 Å². The molecule has 0 bridgehead atoms. The average molecular weight is 282 g/mol. The molecule has 4 heteroatoms. The van der Waals surface area contributed by atoms with Crippen LogP contribution in [0.5, 0.6) is 0 Å². The van der Waals surface area contributed by atoms with Gasteiger partial charge in [0.1, 0.15) is 11.5 Å². The number of nitrogens with zero attached hydrogens (tertiary/aromatic N) is 1. The van der Waals surface area contributed by atoms with Gasteiger partial charge in [0.05, 0.1) is 0 Å². The third-order valence-electron chi connectivity index (χ3n) is 4.40. The van der Waals surface area contributed by atoms with Gasteiger partial charge in [0.25, 0.3) is 5.91 Å². The largest absolute Gasteiger partial charge is 0.312 e. The minimum atomic E-state index is -0.653. The molecule has 21 heavy (non-hydrogen) atoms. The van der Waals surface area contributed by atoms with Crippen LogP contribution in [0.2, 0.25) is 0 Å². The summed E-state index contributed by atoms with van der Waals surface area (Å²) in [5.74, 6) is -0.225. The van der Waals surface area contributed by atoms with E-state index in [9.17, 15) is 9.18 Å². The molecule has 3 nitrogen and oxygen atoms in total. The monoisotopic (exact) mass is 282 g/mol. The van der Waals surface area contributed by atoms with Gasteiger partial charge in [-0.2, -0.15) is 0 Å². The first-order valence-corrected chi connectivity index (χ1v) is 7.16. The summed E-state index contributed by atoms with van der Waals surface area (Å²) in [6.45, 7) is 1.54. The van der Waals surface area contributed by atoms with Gasteiger partial charge in [0, 0.05) is 17.7 Å². The number of hydrogen-bond donors (Lipinski definition) is 1. The van der Waals surface area contributed by atoms with E-state index in [0.29, 0.717) is 6.54 Å². The topological polar surface area (TPSA) is 32.3 Å². The van der Waals surface area contributed by atoms with Crippen molar-refractivity contribution in [1.29, 1.82) is 0 Å². The lowest BCUT2D eigenvalue weighted by molar-refractivity contribution is 0.0457. The zero-order valence-corrected chi connectivity index (χ0v) is 11.5. The van der Waals surface area contributed by atoms with Gasteiger partial charge in [0.15, 0.2) is 0 Å². The number of benzene rings is 2. The van der Waals surface area contributed by atoms with Crippen molar-refractivity contribution in [2.24, 2.45) is 0 Å². The van der Waals surface area contributed by atoms with E-state index in [0.717, 1.165) is 29.7 Å². The first-order valence-electron chi connectivity index (χ1n) is 7.16. The zero-order chi connectivity index (χ0) is 14.4. The lowest BCUT2D eigenvalue weighted by Gasteiger charge is -2.44. The highest BCUT2D eigenvalue weighted by Gasteiger charge is 2.51. The van der Waals surface area contributed by atoms with Gasteiger partial charge in [-0.15, -0.1) is 0 Å². The molecule has 0 spiro atoms. The summed E-state index contributed by atoms with van der Waals surface area (Å²) < 4.78 is 13.3. The molecule has 2 heterocycles. The minimum Gasteiger partial charge on any atom is -0.312 e. The van der Waals surface area contributed by atoms with Crippen molar-refractivity contribution in [3.63, 3.8) is 0 Å². The Bertz CT molecular complexity index is 713. The van der Waals surface area contributed by atoms with Gasteiger partial charge >= 0.3 is 0 Å². The van der Waals surface area contributed by atoms with Crippen LogP contribution in [0.3, 0.4) is 0 Å². The Labute approximate surface area is 122 Å². The van der Waals surface area contributed by atoms with Gasteiger partial charge in [-0.05, 0) is 36.7 Å². The molecule has 1 saturated heterocycles. The highest BCUT2D eigenvalue weighted by Crippen LogP contribution is 2.43. The van der Waals surface area contributed by atoms with Crippen LogP contribution >= 0.6 is 0 Å². The van der Waals surface area contributed by atoms with E-state index < -0.39 is 5.66 Å². The summed E-state index contributed by atoms with van der Waals surface area (Å²) in [6.07, 6.45) is 0.919. The second kappa shape index (κ2) is 4.40. The lowest BCUT2D eigenvalue weighted by atomic mass is 9.89. The summed E-state index contributed by atoms with van der Waals surface area (Å²) in [4.78, 5) is 14.6. The van der Waals surface area contributed by atoms with Crippen molar-refractivity contribution in [3.8, 4) is 0 Å². The Morgan fingerprint density at radius 3 is 2.67 bits per heavy atom. The van der Waals surface area contributed by atoms with E-state index in [4.69, 9.17) is 0 Å². The normalized spacial score (nSPS) is 23.9. The van der Waals surface area contributed by atoms with Gasteiger partial charge < -0.3 is 4.90 Å². The molecule has 2 aromatic rings. The van der Waals surface area contributed by atoms with Crippen LogP contribution in [0.25, 0.3) is 0 Å². The maximum atomic E-state index is 13.3. The summed E-state index contributed by atoms with van der Waals surface area (Å²) in [6, 6.07) is 14.1. The SMILES string of the molecule is O=C1c2ccccc2[C@]2(c3ccc(F)cc3)NCCCN12. The van der Waals surface area contributed by atoms with Crippen LogP contribution in [0.15, 0.2) is 48.5 Å². The molecule has 2 aliphatic heterocycles. The second-order valence-electron chi connectivity index (χ2n) is 5.50. The van der Waals surface area contributed by atoms with Crippen molar-refractivity contribution in [2.75, 3.05) is 13.1 Å². The van der Waals surface area contributed by atoms with Crippen molar-refractivity contribution >= 4 is 5.91 Å². The first kappa shape index (κ1) is 12.5. The molecular formula is C17H15FN2O. The summed E-state index contributed by atoms with van der Waals surface area (Å²) in [5, 5.41) is 3.50. The van der Waals surface area contributed by atoms with E-state index in [1.807, 2.05) is 29.2 Å². The predicted octanol–water partition coefficient (Wildman–Crippen LogP) is 2.48. The number of hydrogen-bond acceptors (Lipinski definition) is 2. The third kappa shape index (κ3) is 1.59. The van der Waals surface area contributed by atoms with Crippen molar-refractivity contribution < 1.29 is 9.18 Å². The first-order chi connectivity index (χ1) is 10.2. The molecule has 106 valence electrons. The number of carbonyl (C=O) groups excluding carboxylic acids is 1. The fourth-order valence-electron chi connectivity index (χ4n) is 3.50. The van der Waals surface area contributed by atoms with Gasteiger partial charge in [-0.1, -0.05) is 30.3 Å². The Kier molecular flexibility index (Phi) is 2.62. The Morgan fingerprint density at radius 2 is 1.86 bits per heavy atom. The van der Waals surface area contributed by atoms with E-state index in [-0.39, 0.29) is 11.7 Å². The second-order valence-corrected chi connectivity index (χ2v) is 5.50. The maximum Gasteiger partial charge on any atom is 0.256 e. The van der Waals surface area contributed by atoms with Crippen LogP contribution < -0.4 is 5.32 Å². The molecule has 0 aromatic heterocycles. The average Bonchev–Trinajstić information content (AvgIpc) is 2.80. The lowest BCUT2D eigenvalue weighted by Crippen LogP contribution is -2.59. The molecule has 1 atom stereocenters. The van der Waals surface area contributed by atoms with E-state index in [1.54, 1.807) is 12.1 Å².